The number of anilines is 2. The van der Waals surface area contributed by atoms with E-state index in [-0.39, 0.29) is 6.04 Å². The van der Waals surface area contributed by atoms with Gasteiger partial charge in [0.05, 0.1) is 29.1 Å². The number of aromatic nitrogens is 4. The van der Waals surface area contributed by atoms with E-state index < -0.39 is 0 Å². The maximum atomic E-state index is 6.07. The van der Waals surface area contributed by atoms with E-state index in [2.05, 4.69) is 32.4 Å². The average Bonchev–Trinajstić information content (AvgIpc) is 3.06. The van der Waals surface area contributed by atoms with Crippen LogP contribution in [0.2, 0.25) is 0 Å². The molecule has 0 amide bonds. The fraction of sp³-hybridized carbons (Fsp3) is 0.231. The molecule has 1 aromatic carbocycles. The second-order valence-electron chi connectivity index (χ2n) is 4.48. The van der Waals surface area contributed by atoms with Crippen LogP contribution in [0.15, 0.2) is 30.7 Å². The lowest BCUT2D eigenvalue weighted by atomic mass is 10.1. The third-order valence-corrected chi connectivity index (χ3v) is 3.20. The van der Waals surface area contributed by atoms with Gasteiger partial charge in [0.2, 0.25) is 0 Å². The van der Waals surface area contributed by atoms with Crippen molar-refractivity contribution in [3.05, 3.63) is 36.5 Å². The molecule has 0 aliphatic rings. The molecular weight excluding hydrogens is 240 g/mol. The van der Waals surface area contributed by atoms with E-state index in [0.717, 1.165) is 28.8 Å². The third kappa shape index (κ3) is 2.12. The number of hydrogen-bond donors (Lipinski definition) is 4. The van der Waals surface area contributed by atoms with Gasteiger partial charge in [0.25, 0.3) is 0 Å². The molecule has 0 bridgehead atoms. The molecule has 5 N–H and O–H groups in total. The largest absolute Gasteiger partial charge is 0.397 e. The van der Waals surface area contributed by atoms with Crippen LogP contribution in [0.25, 0.3) is 10.9 Å². The summed E-state index contributed by atoms with van der Waals surface area (Å²) in [6, 6.07) is 4.00. The summed E-state index contributed by atoms with van der Waals surface area (Å²) < 4.78 is 0. The maximum absolute atomic E-state index is 6.07. The topological polar surface area (TPSA) is 95.4 Å². The summed E-state index contributed by atoms with van der Waals surface area (Å²) in [4.78, 5) is 7.41. The number of H-pyrrole nitrogens is 2. The Morgan fingerprint density at radius 3 is 3.05 bits per heavy atom. The Balaban J connectivity index is 1.93. The van der Waals surface area contributed by atoms with Crippen LogP contribution in [0.3, 0.4) is 0 Å². The van der Waals surface area contributed by atoms with Gasteiger partial charge in [-0.2, -0.15) is 5.10 Å². The summed E-state index contributed by atoms with van der Waals surface area (Å²) >= 11 is 0. The number of nitrogens with zero attached hydrogens (tertiary/aromatic N) is 2. The average molecular weight is 256 g/mol. The van der Waals surface area contributed by atoms with Gasteiger partial charge in [0, 0.05) is 17.8 Å². The van der Waals surface area contributed by atoms with Crippen LogP contribution in [-0.2, 0) is 0 Å². The number of hydrogen-bond acceptors (Lipinski definition) is 4. The second-order valence-corrected chi connectivity index (χ2v) is 4.48. The predicted octanol–water partition coefficient (Wildman–Crippen LogP) is 2.43. The third-order valence-electron chi connectivity index (χ3n) is 3.20. The first-order valence-corrected chi connectivity index (χ1v) is 6.26. The Kier molecular flexibility index (Phi) is 2.83. The fourth-order valence-electron chi connectivity index (χ4n) is 2.15. The first kappa shape index (κ1) is 11.6. The first-order chi connectivity index (χ1) is 9.28. The van der Waals surface area contributed by atoms with Gasteiger partial charge in [-0.1, -0.05) is 6.92 Å². The molecular formula is C13H16N6. The maximum Gasteiger partial charge on any atom is 0.128 e. The number of rotatable bonds is 4. The minimum atomic E-state index is 0.109. The first-order valence-electron chi connectivity index (χ1n) is 6.26. The molecule has 0 spiro atoms. The molecule has 1 unspecified atom stereocenters. The van der Waals surface area contributed by atoms with Gasteiger partial charge in [0.15, 0.2) is 0 Å². The molecule has 0 saturated carbocycles. The Hall–Kier alpha value is -2.50. The number of nitrogens with one attached hydrogen (secondary N) is 3. The van der Waals surface area contributed by atoms with Gasteiger partial charge >= 0.3 is 0 Å². The van der Waals surface area contributed by atoms with E-state index in [1.165, 1.54) is 0 Å². The number of imidazole rings is 1. The number of nitrogens with two attached hydrogens (primary N) is 1. The summed E-state index contributed by atoms with van der Waals surface area (Å²) in [7, 11) is 0. The van der Waals surface area contributed by atoms with Crippen LogP contribution < -0.4 is 11.1 Å². The molecule has 0 aliphatic heterocycles. The Morgan fingerprint density at radius 1 is 1.42 bits per heavy atom. The van der Waals surface area contributed by atoms with Gasteiger partial charge in [-0.15, -0.1) is 0 Å². The molecule has 0 fully saturated rings. The van der Waals surface area contributed by atoms with Crippen molar-refractivity contribution >= 4 is 22.3 Å². The summed E-state index contributed by atoms with van der Waals surface area (Å²) in [6.45, 7) is 2.10. The number of nitrogen functional groups attached to an aromatic ring is 1. The van der Waals surface area contributed by atoms with E-state index in [1.54, 1.807) is 12.4 Å². The lowest BCUT2D eigenvalue weighted by Crippen LogP contribution is -2.12. The summed E-state index contributed by atoms with van der Waals surface area (Å²) in [5, 5.41) is 11.4. The Labute approximate surface area is 110 Å². The van der Waals surface area contributed by atoms with Crippen molar-refractivity contribution in [1.82, 2.24) is 20.2 Å². The molecule has 2 heterocycles. The van der Waals surface area contributed by atoms with Crippen LogP contribution in [0.4, 0.5) is 11.4 Å². The normalized spacial score (nSPS) is 12.7. The quantitative estimate of drug-likeness (QED) is 0.539. The van der Waals surface area contributed by atoms with Crippen molar-refractivity contribution in [1.29, 1.82) is 0 Å². The zero-order valence-corrected chi connectivity index (χ0v) is 10.6. The zero-order valence-electron chi connectivity index (χ0n) is 10.6. The minimum absolute atomic E-state index is 0.109. The van der Waals surface area contributed by atoms with E-state index in [4.69, 9.17) is 5.73 Å². The Morgan fingerprint density at radius 2 is 2.32 bits per heavy atom. The highest BCUT2D eigenvalue weighted by molar-refractivity contribution is 5.88. The van der Waals surface area contributed by atoms with Crippen molar-refractivity contribution in [2.24, 2.45) is 0 Å². The summed E-state index contributed by atoms with van der Waals surface area (Å²) in [6.07, 6.45) is 6.25. The smallest absolute Gasteiger partial charge is 0.128 e. The monoisotopic (exact) mass is 256 g/mol. The summed E-state index contributed by atoms with van der Waals surface area (Å²) in [5.41, 5.74) is 8.63. The van der Waals surface area contributed by atoms with Gasteiger partial charge in [-0.05, 0) is 18.6 Å². The molecule has 0 saturated heterocycles. The van der Waals surface area contributed by atoms with Gasteiger partial charge in [-0.25, -0.2) is 4.98 Å². The Bertz CT molecular complexity index is 670. The molecule has 98 valence electrons. The molecule has 6 nitrogen and oxygen atoms in total. The second kappa shape index (κ2) is 4.64. The van der Waals surface area contributed by atoms with Crippen molar-refractivity contribution < 1.29 is 0 Å². The van der Waals surface area contributed by atoms with Crippen LogP contribution in [0.1, 0.15) is 25.2 Å². The van der Waals surface area contributed by atoms with Crippen LogP contribution in [0, 0.1) is 0 Å². The SMILES string of the molecule is CCC(Nc1cc2[nH]ncc2cc1N)c1ncc[nH]1. The minimum Gasteiger partial charge on any atom is -0.397 e. The van der Waals surface area contributed by atoms with Gasteiger partial charge in [0.1, 0.15) is 5.82 Å². The lowest BCUT2D eigenvalue weighted by Gasteiger charge is -2.17. The zero-order chi connectivity index (χ0) is 13.2. The lowest BCUT2D eigenvalue weighted by molar-refractivity contribution is 0.704. The molecule has 19 heavy (non-hydrogen) atoms. The van der Waals surface area contributed by atoms with Gasteiger partial charge in [-0.3, -0.25) is 5.10 Å². The standard InChI is InChI=1S/C13H16N6/c1-2-10(13-15-3-4-16-13)18-12-6-11-8(5-9(12)14)7-17-19-11/h3-7,10,18H,2,14H2,1H3,(H,15,16)(H,17,19). The van der Waals surface area contributed by atoms with E-state index in [9.17, 15) is 0 Å². The molecule has 3 aromatic rings. The van der Waals surface area contributed by atoms with Crippen molar-refractivity contribution in [3.63, 3.8) is 0 Å². The highest BCUT2D eigenvalue weighted by Crippen LogP contribution is 2.28. The van der Waals surface area contributed by atoms with Crippen molar-refractivity contribution in [2.45, 2.75) is 19.4 Å². The molecule has 1 atom stereocenters. The van der Waals surface area contributed by atoms with E-state index in [1.807, 2.05) is 18.3 Å². The van der Waals surface area contributed by atoms with Crippen molar-refractivity contribution in [3.8, 4) is 0 Å². The van der Waals surface area contributed by atoms with Crippen LogP contribution in [0.5, 0.6) is 0 Å². The van der Waals surface area contributed by atoms with Crippen LogP contribution >= 0.6 is 0 Å². The van der Waals surface area contributed by atoms with Gasteiger partial charge < -0.3 is 16.0 Å². The number of benzene rings is 1. The molecule has 2 aromatic heterocycles. The van der Waals surface area contributed by atoms with E-state index in [0.29, 0.717) is 5.69 Å². The van der Waals surface area contributed by atoms with Crippen molar-refractivity contribution in [2.75, 3.05) is 11.1 Å². The fourth-order valence-corrected chi connectivity index (χ4v) is 2.15. The highest BCUT2D eigenvalue weighted by Gasteiger charge is 2.13. The molecule has 0 radical (unpaired) electrons. The number of fused-ring (bicyclic) bond motifs is 1. The van der Waals surface area contributed by atoms with E-state index >= 15 is 0 Å². The molecule has 6 heteroatoms. The highest BCUT2D eigenvalue weighted by atomic mass is 15.1. The molecule has 3 rings (SSSR count). The number of aromatic amines is 2. The summed E-state index contributed by atoms with van der Waals surface area (Å²) in [5.74, 6) is 0.909. The van der Waals surface area contributed by atoms with Crippen LogP contribution in [-0.4, -0.2) is 20.2 Å². The molecule has 0 aliphatic carbocycles. The predicted molar refractivity (Wildman–Crippen MR) is 75.7 cm³/mol.